The fraction of sp³-hybridized carbons (Fsp3) is 0.618. The molecule has 3 unspecified atom stereocenters. The Morgan fingerprint density at radius 3 is 2.42 bits per heavy atom. The van der Waals surface area contributed by atoms with Crippen LogP contribution in [0.5, 0.6) is 0 Å². The van der Waals surface area contributed by atoms with Gasteiger partial charge in [0.25, 0.3) is 0 Å². The van der Waals surface area contributed by atoms with Crippen LogP contribution in [0.2, 0.25) is 0 Å². The number of carbonyl (C=O) groups is 3. The first-order valence-corrected chi connectivity index (χ1v) is 16.8. The Kier molecular flexibility index (Phi) is 12.0. The van der Waals surface area contributed by atoms with E-state index in [1.165, 1.54) is 0 Å². The van der Waals surface area contributed by atoms with E-state index in [0.717, 1.165) is 37.7 Å². The van der Waals surface area contributed by atoms with Crippen molar-refractivity contribution in [3.8, 4) is 0 Å². The van der Waals surface area contributed by atoms with Crippen molar-refractivity contribution in [3.05, 3.63) is 61.2 Å². The summed E-state index contributed by atoms with van der Waals surface area (Å²) in [6, 6.07) is 9.00. The Labute approximate surface area is 265 Å². The van der Waals surface area contributed by atoms with Gasteiger partial charge in [0, 0.05) is 44.2 Å². The van der Waals surface area contributed by atoms with Gasteiger partial charge in [-0.15, -0.1) is 13.2 Å². The molecule has 3 saturated heterocycles. The first kappa shape index (κ1) is 33.4. The summed E-state index contributed by atoms with van der Waals surface area (Å²) in [6.07, 6.45) is 9.46. The lowest BCUT2D eigenvalue weighted by Crippen LogP contribution is -2.57. The maximum Gasteiger partial charge on any atom is 0.248 e. The van der Waals surface area contributed by atoms with E-state index >= 15 is 0 Å². The van der Waals surface area contributed by atoms with Crippen LogP contribution in [0.4, 0.5) is 0 Å². The zero-order valence-electron chi connectivity index (χ0n) is 25.5. The van der Waals surface area contributed by atoms with Crippen LogP contribution in [0.1, 0.15) is 63.9 Å². The zero-order valence-corrected chi connectivity index (χ0v) is 27.1. The van der Waals surface area contributed by atoms with Gasteiger partial charge in [-0.3, -0.25) is 14.4 Å². The summed E-state index contributed by atoms with van der Waals surface area (Å²) in [7, 11) is 0. The highest BCUT2D eigenvalue weighted by Crippen LogP contribution is 2.60. The number of carbonyl (C=O) groups excluding carboxylic acids is 3. The van der Waals surface area contributed by atoms with E-state index in [-0.39, 0.29) is 29.2 Å². The Morgan fingerprint density at radius 1 is 1.05 bits per heavy atom. The molecule has 1 aromatic rings. The third-order valence-corrected chi connectivity index (χ3v) is 10.0. The van der Waals surface area contributed by atoms with Gasteiger partial charge in [0.1, 0.15) is 11.6 Å². The number of hydrogen-bond acceptors (Lipinski definition) is 5. The molecule has 43 heavy (non-hydrogen) atoms. The van der Waals surface area contributed by atoms with Crippen molar-refractivity contribution < 1.29 is 24.2 Å². The third kappa shape index (κ3) is 6.94. The number of amides is 3. The van der Waals surface area contributed by atoms with E-state index in [9.17, 15) is 19.5 Å². The average molecular weight is 659 g/mol. The number of unbranched alkanes of at least 4 members (excludes halogenated alkanes) is 5. The molecule has 3 aliphatic heterocycles. The molecular weight excluding hydrogens is 610 g/mol. The van der Waals surface area contributed by atoms with Crippen molar-refractivity contribution in [2.45, 2.75) is 87.4 Å². The molecule has 3 fully saturated rings. The molecule has 0 radical (unpaired) electrons. The molecule has 3 amide bonds. The van der Waals surface area contributed by atoms with E-state index in [1.807, 2.05) is 35.2 Å². The van der Waals surface area contributed by atoms with Crippen LogP contribution >= 0.6 is 15.9 Å². The molecule has 1 aromatic carbocycles. The Bertz CT molecular complexity index is 1130. The predicted octanol–water partition coefficient (Wildman–Crippen LogP) is 4.71. The average Bonchev–Trinajstić information content (AvgIpc) is 3.59. The number of halogens is 1. The van der Waals surface area contributed by atoms with E-state index in [4.69, 9.17) is 4.74 Å². The van der Waals surface area contributed by atoms with Gasteiger partial charge >= 0.3 is 0 Å². The molecule has 6 atom stereocenters. The fourth-order valence-electron chi connectivity index (χ4n) is 7.25. The third-order valence-electron chi connectivity index (χ3n) is 9.19. The molecule has 236 valence electrons. The summed E-state index contributed by atoms with van der Waals surface area (Å²) in [5, 5.41) is 9.21. The monoisotopic (exact) mass is 657 g/mol. The minimum Gasteiger partial charge on any atom is -0.396 e. The Balaban J connectivity index is 1.68. The number of aliphatic hydroxyl groups excluding tert-OH is 1. The van der Waals surface area contributed by atoms with Crippen LogP contribution in [0.3, 0.4) is 0 Å². The maximum absolute atomic E-state index is 14.5. The number of fused-ring (bicyclic) bond motifs is 1. The van der Waals surface area contributed by atoms with E-state index < -0.39 is 29.6 Å². The number of aliphatic hydroxyl groups is 1. The Morgan fingerprint density at radius 2 is 1.74 bits per heavy atom. The van der Waals surface area contributed by atoms with Crippen LogP contribution in [0.15, 0.2) is 55.6 Å². The number of ether oxygens (including phenoxy) is 1. The Hall–Kier alpha value is -2.49. The summed E-state index contributed by atoms with van der Waals surface area (Å²) >= 11 is 3.80. The van der Waals surface area contributed by atoms with Crippen molar-refractivity contribution in [1.29, 1.82) is 0 Å². The second-order valence-corrected chi connectivity index (χ2v) is 13.3. The predicted molar refractivity (Wildman–Crippen MR) is 171 cm³/mol. The van der Waals surface area contributed by atoms with Gasteiger partial charge in [-0.05, 0) is 31.2 Å². The lowest BCUT2D eigenvalue weighted by Gasteiger charge is -2.37. The molecule has 1 N–H and O–H groups in total. The number of likely N-dealkylation sites (tertiary alicyclic amines) is 1. The normalized spacial score (nSPS) is 27.3. The van der Waals surface area contributed by atoms with E-state index in [0.29, 0.717) is 52.0 Å². The molecular formula is C34H48BrN3O5. The molecule has 0 aliphatic carbocycles. The zero-order chi connectivity index (χ0) is 31.0. The summed E-state index contributed by atoms with van der Waals surface area (Å²) in [4.78, 5) is 48.4. The summed E-state index contributed by atoms with van der Waals surface area (Å²) < 4.78 is 6.75. The largest absolute Gasteiger partial charge is 0.396 e. The molecule has 9 heteroatoms. The summed E-state index contributed by atoms with van der Waals surface area (Å²) in [5.41, 5.74) is -0.0795. The quantitative estimate of drug-likeness (QED) is 0.140. The van der Waals surface area contributed by atoms with Crippen molar-refractivity contribution in [3.63, 3.8) is 0 Å². The lowest BCUT2D eigenvalue weighted by atomic mass is 9.70. The highest BCUT2D eigenvalue weighted by atomic mass is 79.9. The molecule has 3 heterocycles. The lowest BCUT2D eigenvalue weighted by molar-refractivity contribution is -0.148. The smallest absolute Gasteiger partial charge is 0.248 e. The van der Waals surface area contributed by atoms with Gasteiger partial charge in [0.15, 0.2) is 0 Å². The highest BCUT2D eigenvalue weighted by molar-refractivity contribution is 9.09. The van der Waals surface area contributed by atoms with E-state index in [2.05, 4.69) is 36.0 Å². The van der Waals surface area contributed by atoms with Crippen molar-refractivity contribution >= 4 is 33.7 Å². The minimum absolute atomic E-state index is 0.122. The van der Waals surface area contributed by atoms with Gasteiger partial charge in [0.2, 0.25) is 17.7 Å². The molecule has 2 bridgehead atoms. The van der Waals surface area contributed by atoms with Gasteiger partial charge in [-0.2, -0.15) is 0 Å². The molecule has 1 spiro atoms. The SMILES string of the molecule is C=CCN(CCCCC)C(=O)C1N(CCCCCCO)C(=O)[C@@H]2[C@@H](C(=O)N(CC=C)Cc3ccccc3)[C@@H]3OC12CC3Br. The maximum atomic E-state index is 14.5. The second kappa shape index (κ2) is 15.5. The highest BCUT2D eigenvalue weighted by Gasteiger charge is 2.76. The van der Waals surface area contributed by atoms with Gasteiger partial charge < -0.3 is 24.5 Å². The number of alkyl halides is 1. The first-order chi connectivity index (χ1) is 20.8. The molecule has 8 nitrogen and oxygen atoms in total. The van der Waals surface area contributed by atoms with Gasteiger partial charge in [0.05, 0.1) is 17.9 Å². The van der Waals surface area contributed by atoms with Crippen molar-refractivity contribution in [1.82, 2.24) is 14.7 Å². The van der Waals surface area contributed by atoms with Crippen molar-refractivity contribution in [2.75, 3.05) is 32.8 Å². The standard InChI is InChI=1S/C34H48BrN3O5/c1-4-7-13-20-36(18-5-2)33(42)30-34-23-26(35)29(43-34)27(28(34)32(41)38(30)21-14-8-9-15-22-39)31(40)37(19-6-3)24-25-16-11-10-12-17-25/h5-6,10-12,16-17,26-30,39H,2-4,7-9,13-15,18-24H2,1H3/t26?,27-,28+,29-,30?,34?/m1/s1. The molecule has 4 rings (SSSR count). The second-order valence-electron chi connectivity index (χ2n) is 12.1. The van der Waals surface area contributed by atoms with Gasteiger partial charge in [-0.1, -0.05) is 91.0 Å². The topological polar surface area (TPSA) is 90.4 Å². The van der Waals surface area contributed by atoms with Crippen molar-refractivity contribution in [2.24, 2.45) is 11.8 Å². The van der Waals surface area contributed by atoms with Crippen LogP contribution in [0, 0.1) is 11.8 Å². The number of rotatable bonds is 18. The molecule has 0 aromatic heterocycles. The van der Waals surface area contributed by atoms with Crippen LogP contribution < -0.4 is 0 Å². The van der Waals surface area contributed by atoms with Crippen LogP contribution in [-0.4, -0.2) is 92.9 Å². The number of nitrogens with zero attached hydrogens (tertiary/aromatic N) is 3. The fourth-order valence-corrected chi connectivity index (χ4v) is 8.20. The van der Waals surface area contributed by atoms with Gasteiger partial charge in [-0.25, -0.2) is 0 Å². The first-order valence-electron chi connectivity index (χ1n) is 15.9. The van der Waals surface area contributed by atoms with E-state index in [1.54, 1.807) is 22.0 Å². The summed E-state index contributed by atoms with van der Waals surface area (Å²) in [6.45, 7) is 12.2. The number of benzene rings is 1. The molecule has 0 saturated carbocycles. The van der Waals surface area contributed by atoms with Crippen LogP contribution in [0.25, 0.3) is 0 Å². The number of hydrogen-bond donors (Lipinski definition) is 1. The minimum atomic E-state index is -1.07. The molecule has 3 aliphatic rings. The van der Waals surface area contributed by atoms with Crippen LogP contribution in [-0.2, 0) is 25.7 Å². The summed E-state index contributed by atoms with van der Waals surface area (Å²) in [5.74, 6) is -1.85.